The fourth-order valence-corrected chi connectivity index (χ4v) is 1.93. The van der Waals surface area contributed by atoms with Crippen molar-refractivity contribution in [2.75, 3.05) is 12.3 Å². The number of hydrogen-bond donors (Lipinski definition) is 1. The molecule has 4 heteroatoms. The van der Waals surface area contributed by atoms with Crippen LogP contribution in [0.4, 0.5) is 0 Å². The van der Waals surface area contributed by atoms with Gasteiger partial charge in [-0.3, -0.25) is 10.4 Å². The third-order valence-electron chi connectivity index (χ3n) is 1.99. The first-order valence-electron chi connectivity index (χ1n) is 5.13. The zero-order chi connectivity index (χ0) is 11.1. The number of nitrogens with one attached hydrogen (secondary N) is 1. The second-order valence-electron chi connectivity index (χ2n) is 3.20. The van der Waals surface area contributed by atoms with Crippen molar-refractivity contribution < 1.29 is 0 Å². The third-order valence-corrected chi connectivity index (χ3v) is 2.88. The molecule has 0 radical (unpaired) electrons. The van der Waals surface area contributed by atoms with Crippen LogP contribution in [-0.4, -0.2) is 23.7 Å². The highest BCUT2D eigenvalue weighted by Gasteiger charge is 2.03. The molecule has 3 nitrogen and oxygen atoms in total. The van der Waals surface area contributed by atoms with Crippen molar-refractivity contribution >= 4 is 29.2 Å². The Morgan fingerprint density at radius 3 is 2.94 bits per heavy atom. The molecule has 0 bridgehead atoms. The van der Waals surface area contributed by atoms with E-state index in [0.29, 0.717) is 0 Å². The second-order valence-corrected chi connectivity index (χ2v) is 4.28. The molecule has 1 aromatic rings. The minimum atomic E-state index is 0.891. The van der Waals surface area contributed by atoms with Crippen LogP contribution in [0.25, 0.3) is 6.08 Å². The van der Waals surface area contributed by atoms with Gasteiger partial charge in [-0.25, -0.2) is 0 Å². The van der Waals surface area contributed by atoms with Gasteiger partial charge in [0.25, 0.3) is 0 Å². The number of aliphatic imine (C=N–C) groups is 1. The molecule has 16 heavy (non-hydrogen) atoms. The Morgan fingerprint density at radius 2 is 2.19 bits per heavy atom. The summed E-state index contributed by atoms with van der Waals surface area (Å²) in [5.41, 5.74) is 4.07. The zero-order valence-corrected chi connectivity index (χ0v) is 9.65. The number of allylic oxidation sites excluding steroid dienone is 1. The SMILES string of the molecule is C(=Cc1ccccc1)C=NNC1=NCCS1. The molecule has 2 rings (SSSR count). The van der Waals surface area contributed by atoms with E-state index < -0.39 is 0 Å². The van der Waals surface area contributed by atoms with Crippen molar-refractivity contribution in [1.82, 2.24) is 5.43 Å². The smallest absolute Gasteiger partial charge is 0.177 e. The van der Waals surface area contributed by atoms with Crippen LogP contribution in [0.2, 0.25) is 0 Å². The van der Waals surface area contributed by atoms with Gasteiger partial charge >= 0.3 is 0 Å². The number of hydrazone groups is 1. The molecule has 0 amide bonds. The first-order chi connectivity index (χ1) is 7.95. The van der Waals surface area contributed by atoms with Crippen molar-refractivity contribution in [3.05, 3.63) is 42.0 Å². The van der Waals surface area contributed by atoms with Gasteiger partial charge in [-0.05, 0) is 11.6 Å². The van der Waals surface area contributed by atoms with Gasteiger partial charge in [0, 0.05) is 12.0 Å². The zero-order valence-electron chi connectivity index (χ0n) is 8.84. The first kappa shape index (κ1) is 11.0. The van der Waals surface area contributed by atoms with Gasteiger partial charge in [0.15, 0.2) is 5.17 Å². The van der Waals surface area contributed by atoms with E-state index >= 15 is 0 Å². The lowest BCUT2D eigenvalue weighted by Gasteiger charge is -1.94. The topological polar surface area (TPSA) is 36.8 Å². The Balaban J connectivity index is 1.78. The van der Waals surface area contributed by atoms with E-state index in [1.54, 1.807) is 18.0 Å². The fourth-order valence-electron chi connectivity index (χ4n) is 1.26. The molecule has 1 aliphatic rings. The Morgan fingerprint density at radius 1 is 1.31 bits per heavy atom. The molecular weight excluding hydrogens is 218 g/mol. The molecule has 1 N–H and O–H groups in total. The normalized spacial score (nSPS) is 15.9. The summed E-state index contributed by atoms with van der Waals surface area (Å²) in [6.45, 7) is 0.891. The van der Waals surface area contributed by atoms with Crippen molar-refractivity contribution in [3.8, 4) is 0 Å². The number of nitrogens with zero attached hydrogens (tertiary/aromatic N) is 2. The van der Waals surface area contributed by atoms with E-state index in [9.17, 15) is 0 Å². The van der Waals surface area contributed by atoms with E-state index in [4.69, 9.17) is 0 Å². The van der Waals surface area contributed by atoms with E-state index in [1.807, 2.05) is 30.4 Å². The molecule has 0 spiro atoms. The lowest BCUT2D eigenvalue weighted by atomic mass is 10.2. The first-order valence-corrected chi connectivity index (χ1v) is 6.12. The third kappa shape index (κ3) is 3.55. The van der Waals surface area contributed by atoms with Crippen LogP contribution in [-0.2, 0) is 0 Å². The predicted molar refractivity (Wildman–Crippen MR) is 71.9 cm³/mol. The van der Waals surface area contributed by atoms with Crippen LogP contribution in [0.15, 0.2) is 46.5 Å². The van der Waals surface area contributed by atoms with Crippen LogP contribution >= 0.6 is 11.8 Å². The van der Waals surface area contributed by atoms with Crippen LogP contribution in [0.5, 0.6) is 0 Å². The van der Waals surface area contributed by atoms with Gasteiger partial charge in [-0.15, -0.1) is 0 Å². The van der Waals surface area contributed by atoms with Crippen molar-refractivity contribution in [3.63, 3.8) is 0 Å². The van der Waals surface area contributed by atoms with E-state index in [2.05, 4.69) is 27.7 Å². The largest absolute Gasteiger partial charge is 0.260 e. The standard InChI is InChI=1S/C12H13N3S/c1-2-5-11(6-3-1)7-4-8-14-15-12-13-9-10-16-12/h1-8H,9-10H2,(H,13,15). The summed E-state index contributed by atoms with van der Waals surface area (Å²) in [6.07, 6.45) is 5.64. The summed E-state index contributed by atoms with van der Waals surface area (Å²) >= 11 is 1.70. The second kappa shape index (κ2) is 6.12. The number of rotatable bonds is 3. The average Bonchev–Trinajstić information content (AvgIpc) is 2.83. The highest BCUT2D eigenvalue weighted by molar-refractivity contribution is 8.14. The molecule has 82 valence electrons. The summed E-state index contributed by atoms with van der Waals surface area (Å²) in [6, 6.07) is 10.1. The lowest BCUT2D eigenvalue weighted by Crippen LogP contribution is -2.10. The van der Waals surface area contributed by atoms with E-state index in [-0.39, 0.29) is 0 Å². The molecular formula is C12H13N3S. The van der Waals surface area contributed by atoms with Crippen molar-refractivity contribution in [2.24, 2.45) is 10.1 Å². The van der Waals surface area contributed by atoms with Gasteiger partial charge in [-0.1, -0.05) is 48.2 Å². The number of hydrogen-bond acceptors (Lipinski definition) is 4. The fraction of sp³-hybridized carbons (Fsp3) is 0.167. The highest BCUT2D eigenvalue weighted by Crippen LogP contribution is 2.08. The van der Waals surface area contributed by atoms with Crippen LogP contribution in [0.3, 0.4) is 0 Å². The molecule has 0 fully saturated rings. The van der Waals surface area contributed by atoms with E-state index in [0.717, 1.165) is 17.5 Å². The van der Waals surface area contributed by atoms with Gasteiger partial charge in [-0.2, -0.15) is 5.10 Å². The molecule has 1 heterocycles. The molecule has 0 aromatic heterocycles. The highest BCUT2D eigenvalue weighted by atomic mass is 32.2. The summed E-state index contributed by atoms with van der Waals surface area (Å²) in [7, 11) is 0. The van der Waals surface area contributed by atoms with E-state index in [1.165, 1.54) is 5.56 Å². The molecule has 0 unspecified atom stereocenters. The minimum absolute atomic E-state index is 0.891. The Bertz CT molecular complexity index is 410. The molecule has 0 atom stereocenters. The van der Waals surface area contributed by atoms with Gasteiger partial charge in [0.2, 0.25) is 0 Å². The number of benzene rings is 1. The Labute approximate surface area is 99.4 Å². The Hall–Kier alpha value is -1.55. The summed E-state index contributed by atoms with van der Waals surface area (Å²) in [4.78, 5) is 4.22. The Kier molecular flexibility index (Phi) is 4.19. The van der Waals surface area contributed by atoms with Gasteiger partial charge in [0.1, 0.15) is 0 Å². The van der Waals surface area contributed by atoms with Gasteiger partial charge in [0.05, 0.1) is 6.54 Å². The number of amidine groups is 1. The van der Waals surface area contributed by atoms with Crippen molar-refractivity contribution in [2.45, 2.75) is 0 Å². The van der Waals surface area contributed by atoms with Gasteiger partial charge < -0.3 is 0 Å². The predicted octanol–water partition coefficient (Wildman–Crippen LogP) is 2.38. The lowest BCUT2D eigenvalue weighted by molar-refractivity contribution is 1.04. The maximum atomic E-state index is 4.22. The number of thioether (sulfide) groups is 1. The maximum Gasteiger partial charge on any atom is 0.177 e. The summed E-state index contributed by atoms with van der Waals surface area (Å²) in [5.74, 6) is 1.05. The maximum absolute atomic E-state index is 4.22. The molecule has 1 aliphatic heterocycles. The van der Waals surface area contributed by atoms with Crippen LogP contribution in [0.1, 0.15) is 5.56 Å². The summed E-state index contributed by atoms with van der Waals surface area (Å²) in [5, 5.41) is 4.96. The summed E-state index contributed by atoms with van der Waals surface area (Å²) < 4.78 is 0. The van der Waals surface area contributed by atoms with Crippen LogP contribution in [0, 0.1) is 0 Å². The average molecular weight is 231 g/mol. The molecule has 0 saturated carbocycles. The molecule has 1 aromatic carbocycles. The quantitative estimate of drug-likeness (QED) is 0.640. The van der Waals surface area contributed by atoms with Crippen molar-refractivity contribution in [1.29, 1.82) is 0 Å². The molecule has 0 aliphatic carbocycles. The van der Waals surface area contributed by atoms with Crippen LogP contribution < -0.4 is 5.43 Å². The monoisotopic (exact) mass is 231 g/mol. The molecule has 0 saturated heterocycles. The minimum Gasteiger partial charge on any atom is -0.260 e.